The SMILES string of the molecule is O=C(Cl)c1cn2c(Br)cnc2cn1. The Hall–Kier alpha value is -0.940. The Labute approximate surface area is 86.7 Å². The summed E-state index contributed by atoms with van der Waals surface area (Å²) in [5, 5.41) is -0.581. The van der Waals surface area contributed by atoms with Gasteiger partial charge in [0.1, 0.15) is 10.3 Å². The number of carbonyl (C=O) groups excluding carboxylic acids is 1. The Morgan fingerprint density at radius 1 is 1.46 bits per heavy atom. The first kappa shape index (κ1) is 8.65. The second kappa shape index (κ2) is 3.08. The summed E-state index contributed by atoms with van der Waals surface area (Å²) >= 11 is 8.54. The minimum atomic E-state index is -0.581. The number of imidazole rings is 1. The van der Waals surface area contributed by atoms with Gasteiger partial charge in [-0.05, 0) is 27.5 Å². The number of nitrogens with zero attached hydrogens (tertiary/aromatic N) is 3. The van der Waals surface area contributed by atoms with E-state index in [-0.39, 0.29) is 5.69 Å². The molecule has 0 fully saturated rings. The van der Waals surface area contributed by atoms with E-state index in [1.165, 1.54) is 12.4 Å². The van der Waals surface area contributed by atoms with Crippen molar-refractivity contribution in [2.75, 3.05) is 0 Å². The Balaban J connectivity index is 2.72. The van der Waals surface area contributed by atoms with Crippen LogP contribution in [0, 0.1) is 0 Å². The molecule has 0 atom stereocenters. The van der Waals surface area contributed by atoms with E-state index in [1.54, 1.807) is 10.6 Å². The molecule has 13 heavy (non-hydrogen) atoms. The lowest BCUT2D eigenvalue weighted by molar-refractivity contribution is 0.107. The van der Waals surface area contributed by atoms with E-state index >= 15 is 0 Å². The number of halogens is 2. The highest BCUT2D eigenvalue weighted by molar-refractivity contribution is 9.10. The summed E-state index contributed by atoms with van der Waals surface area (Å²) in [5.74, 6) is 0. The van der Waals surface area contributed by atoms with Crippen LogP contribution in [0.3, 0.4) is 0 Å². The van der Waals surface area contributed by atoms with Gasteiger partial charge >= 0.3 is 0 Å². The number of fused-ring (bicyclic) bond motifs is 1. The predicted octanol–water partition coefficient (Wildman–Crippen LogP) is 1.87. The van der Waals surface area contributed by atoms with Gasteiger partial charge in [0.25, 0.3) is 5.24 Å². The standard InChI is InChI=1S/C7H3BrClN3O/c8-5-1-11-6-2-10-4(7(9)13)3-12(5)6/h1-3H. The summed E-state index contributed by atoms with van der Waals surface area (Å²) in [6.07, 6.45) is 4.64. The lowest BCUT2D eigenvalue weighted by Crippen LogP contribution is -1.97. The largest absolute Gasteiger partial charge is 0.291 e. The molecule has 2 aromatic heterocycles. The quantitative estimate of drug-likeness (QED) is 0.736. The van der Waals surface area contributed by atoms with E-state index < -0.39 is 5.24 Å². The molecule has 66 valence electrons. The Morgan fingerprint density at radius 2 is 2.23 bits per heavy atom. The van der Waals surface area contributed by atoms with Crippen LogP contribution >= 0.6 is 27.5 Å². The van der Waals surface area contributed by atoms with Crippen LogP contribution < -0.4 is 0 Å². The van der Waals surface area contributed by atoms with Gasteiger partial charge in [-0.1, -0.05) is 0 Å². The molecule has 0 saturated heterocycles. The fourth-order valence-electron chi connectivity index (χ4n) is 0.961. The minimum absolute atomic E-state index is 0.202. The molecule has 0 amide bonds. The fraction of sp³-hybridized carbons (Fsp3) is 0. The smallest absolute Gasteiger partial charge is 0.272 e. The maximum absolute atomic E-state index is 10.8. The van der Waals surface area contributed by atoms with Gasteiger partial charge < -0.3 is 0 Å². The van der Waals surface area contributed by atoms with E-state index in [0.717, 1.165) is 4.60 Å². The van der Waals surface area contributed by atoms with Gasteiger partial charge in [-0.2, -0.15) is 0 Å². The van der Waals surface area contributed by atoms with Crippen molar-refractivity contribution < 1.29 is 4.79 Å². The average molecular weight is 260 g/mol. The van der Waals surface area contributed by atoms with Crippen LogP contribution in [0.1, 0.15) is 10.5 Å². The second-order valence-electron chi connectivity index (χ2n) is 2.36. The summed E-state index contributed by atoms with van der Waals surface area (Å²) < 4.78 is 2.44. The minimum Gasteiger partial charge on any atom is -0.291 e. The first-order valence-corrected chi connectivity index (χ1v) is 4.54. The van der Waals surface area contributed by atoms with Gasteiger partial charge in [0, 0.05) is 6.20 Å². The lowest BCUT2D eigenvalue weighted by atomic mass is 10.5. The van der Waals surface area contributed by atoms with Crippen molar-refractivity contribution in [2.24, 2.45) is 0 Å². The molecular weight excluding hydrogens is 257 g/mol. The van der Waals surface area contributed by atoms with Gasteiger partial charge in [-0.3, -0.25) is 9.20 Å². The third-order valence-electron chi connectivity index (χ3n) is 1.55. The lowest BCUT2D eigenvalue weighted by Gasteiger charge is -1.96. The topological polar surface area (TPSA) is 47.3 Å². The Bertz CT molecular complexity index is 482. The zero-order chi connectivity index (χ0) is 9.42. The molecule has 2 aromatic rings. The molecule has 0 aliphatic carbocycles. The van der Waals surface area contributed by atoms with Crippen molar-refractivity contribution in [2.45, 2.75) is 0 Å². The zero-order valence-electron chi connectivity index (χ0n) is 6.24. The zero-order valence-corrected chi connectivity index (χ0v) is 8.58. The van der Waals surface area contributed by atoms with Crippen LogP contribution in [-0.4, -0.2) is 19.6 Å². The fourth-order valence-corrected chi connectivity index (χ4v) is 1.44. The number of aromatic nitrogens is 3. The number of hydrogen-bond acceptors (Lipinski definition) is 3. The monoisotopic (exact) mass is 259 g/mol. The summed E-state index contributed by atoms with van der Waals surface area (Å²) in [4.78, 5) is 18.6. The molecule has 0 N–H and O–H groups in total. The van der Waals surface area contributed by atoms with Crippen LogP contribution in [-0.2, 0) is 0 Å². The molecule has 0 bridgehead atoms. The maximum Gasteiger partial charge on any atom is 0.272 e. The highest BCUT2D eigenvalue weighted by atomic mass is 79.9. The van der Waals surface area contributed by atoms with Crippen molar-refractivity contribution in [3.63, 3.8) is 0 Å². The van der Waals surface area contributed by atoms with Crippen LogP contribution in [0.25, 0.3) is 5.65 Å². The van der Waals surface area contributed by atoms with Crippen molar-refractivity contribution >= 4 is 38.4 Å². The van der Waals surface area contributed by atoms with Gasteiger partial charge in [0.2, 0.25) is 0 Å². The highest BCUT2D eigenvalue weighted by Crippen LogP contribution is 2.12. The molecule has 0 aromatic carbocycles. The van der Waals surface area contributed by atoms with Crippen LogP contribution in [0.5, 0.6) is 0 Å². The van der Waals surface area contributed by atoms with Gasteiger partial charge in [-0.15, -0.1) is 0 Å². The molecule has 0 radical (unpaired) electrons. The van der Waals surface area contributed by atoms with E-state index in [9.17, 15) is 4.79 Å². The molecule has 0 saturated carbocycles. The summed E-state index contributed by atoms with van der Waals surface area (Å²) in [7, 11) is 0. The predicted molar refractivity (Wildman–Crippen MR) is 50.9 cm³/mol. The third-order valence-corrected chi connectivity index (χ3v) is 2.33. The van der Waals surface area contributed by atoms with E-state index in [0.29, 0.717) is 5.65 Å². The number of hydrogen-bond donors (Lipinski definition) is 0. The van der Waals surface area contributed by atoms with Crippen molar-refractivity contribution in [1.82, 2.24) is 14.4 Å². The Morgan fingerprint density at radius 3 is 2.92 bits per heavy atom. The maximum atomic E-state index is 10.8. The van der Waals surface area contributed by atoms with Gasteiger partial charge in [0.05, 0.1) is 12.4 Å². The van der Waals surface area contributed by atoms with Crippen LogP contribution in [0.4, 0.5) is 0 Å². The first-order chi connectivity index (χ1) is 6.18. The normalized spacial score (nSPS) is 10.6. The second-order valence-corrected chi connectivity index (χ2v) is 3.51. The molecule has 4 nitrogen and oxygen atoms in total. The van der Waals surface area contributed by atoms with Crippen LogP contribution in [0.15, 0.2) is 23.2 Å². The molecule has 0 unspecified atom stereocenters. The van der Waals surface area contributed by atoms with Gasteiger partial charge in [-0.25, -0.2) is 9.97 Å². The third kappa shape index (κ3) is 1.45. The molecule has 2 heterocycles. The van der Waals surface area contributed by atoms with E-state index in [2.05, 4.69) is 25.9 Å². The van der Waals surface area contributed by atoms with E-state index in [1.807, 2.05) is 0 Å². The van der Waals surface area contributed by atoms with Crippen molar-refractivity contribution in [1.29, 1.82) is 0 Å². The first-order valence-electron chi connectivity index (χ1n) is 3.37. The van der Waals surface area contributed by atoms with Crippen molar-refractivity contribution in [3.8, 4) is 0 Å². The summed E-state index contributed by atoms with van der Waals surface area (Å²) in [6.45, 7) is 0. The molecule has 0 aliphatic rings. The number of rotatable bonds is 1. The molecular formula is C7H3BrClN3O. The number of carbonyl (C=O) groups is 1. The average Bonchev–Trinajstić information content (AvgIpc) is 2.47. The Kier molecular flexibility index (Phi) is 2.05. The van der Waals surface area contributed by atoms with Crippen molar-refractivity contribution in [3.05, 3.63) is 28.9 Å². The summed E-state index contributed by atoms with van der Waals surface area (Å²) in [6, 6.07) is 0. The van der Waals surface area contributed by atoms with Crippen LogP contribution in [0.2, 0.25) is 0 Å². The highest BCUT2D eigenvalue weighted by Gasteiger charge is 2.06. The van der Waals surface area contributed by atoms with E-state index in [4.69, 9.17) is 11.6 Å². The molecule has 6 heteroatoms. The van der Waals surface area contributed by atoms with Gasteiger partial charge in [0.15, 0.2) is 5.65 Å². The molecule has 0 aliphatic heterocycles. The molecule has 2 rings (SSSR count). The molecule has 0 spiro atoms. The summed E-state index contributed by atoms with van der Waals surface area (Å²) in [5.41, 5.74) is 0.862.